The second-order valence-electron chi connectivity index (χ2n) is 4.19. The van der Waals surface area contributed by atoms with Crippen LogP contribution in [0.1, 0.15) is 5.56 Å². The van der Waals surface area contributed by atoms with Gasteiger partial charge in [0.15, 0.2) is 0 Å². The maximum atomic E-state index is 13.4. The Bertz CT molecular complexity index is 513. The number of halogens is 1. The maximum Gasteiger partial charge on any atom is 0.328 e. The average Bonchev–Trinajstić information content (AvgIpc) is 2.28. The third-order valence-corrected chi connectivity index (χ3v) is 2.15. The molecule has 0 atom stereocenters. The molecule has 0 aliphatic carbocycles. The lowest BCUT2D eigenvalue weighted by molar-refractivity contribution is -0.131. The number of nitrogens with zero attached hydrogens (tertiary/aromatic N) is 1. The van der Waals surface area contributed by atoms with E-state index >= 15 is 0 Å². The van der Waals surface area contributed by atoms with Crippen molar-refractivity contribution in [2.75, 3.05) is 26.0 Å². The van der Waals surface area contributed by atoms with E-state index in [1.807, 2.05) is 0 Å². The summed E-state index contributed by atoms with van der Waals surface area (Å²) in [7, 11) is 3.51. The van der Waals surface area contributed by atoms with Gasteiger partial charge in [0, 0.05) is 17.3 Å². The van der Waals surface area contributed by atoms with Gasteiger partial charge in [-0.2, -0.15) is 0 Å². The molecule has 0 fully saturated rings. The first-order valence-electron chi connectivity index (χ1n) is 5.53. The Kier molecular flexibility index (Phi) is 5.20. The minimum absolute atomic E-state index is 0.102. The molecular formula is C13H15FN2O3. The van der Waals surface area contributed by atoms with Crippen molar-refractivity contribution in [2.45, 2.75) is 0 Å². The van der Waals surface area contributed by atoms with Gasteiger partial charge in [0.1, 0.15) is 5.82 Å². The molecule has 1 rings (SSSR count). The van der Waals surface area contributed by atoms with Gasteiger partial charge in [-0.05, 0) is 38.4 Å². The molecule has 1 aromatic rings. The number of anilines is 1. The van der Waals surface area contributed by atoms with E-state index in [4.69, 9.17) is 5.11 Å². The summed E-state index contributed by atoms with van der Waals surface area (Å²) in [6.07, 6.45) is 1.98. The van der Waals surface area contributed by atoms with Crippen LogP contribution in [-0.4, -0.2) is 42.5 Å². The first-order valence-corrected chi connectivity index (χ1v) is 5.53. The zero-order chi connectivity index (χ0) is 14.4. The minimum atomic E-state index is -1.17. The van der Waals surface area contributed by atoms with Crippen LogP contribution in [0.3, 0.4) is 0 Å². The molecule has 6 heteroatoms. The zero-order valence-corrected chi connectivity index (χ0v) is 10.7. The fourth-order valence-corrected chi connectivity index (χ4v) is 1.40. The van der Waals surface area contributed by atoms with Crippen molar-refractivity contribution in [3.8, 4) is 0 Å². The van der Waals surface area contributed by atoms with Crippen LogP contribution in [0.4, 0.5) is 10.1 Å². The Labute approximate surface area is 110 Å². The molecule has 0 aliphatic heterocycles. The average molecular weight is 266 g/mol. The van der Waals surface area contributed by atoms with Crippen molar-refractivity contribution in [1.29, 1.82) is 0 Å². The lowest BCUT2D eigenvalue weighted by Crippen LogP contribution is -2.27. The second kappa shape index (κ2) is 6.65. The lowest BCUT2D eigenvalue weighted by Gasteiger charge is -2.10. The van der Waals surface area contributed by atoms with Crippen molar-refractivity contribution in [2.24, 2.45) is 0 Å². The Morgan fingerprint density at radius 1 is 1.42 bits per heavy atom. The Balaban J connectivity index is 2.84. The predicted octanol–water partition coefficient (Wildman–Crippen LogP) is 1.42. The number of rotatable bonds is 5. The number of hydrogen-bond donors (Lipinski definition) is 2. The number of amides is 1. The molecule has 19 heavy (non-hydrogen) atoms. The van der Waals surface area contributed by atoms with E-state index in [1.54, 1.807) is 19.0 Å². The highest BCUT2D eigenvalue weighted by Crippen LogP contribution is 2.16. The molecule has 0 heterocycles. The molecule has 0 radical (unpaired) electrons. The first-order chi connectivity index (χ1) is 8.88. The van der Waals surface area contributed by atoms with Crippen molar-refractivity contribution < 1.29 is 19.1 Å². The van der Waals surface area contributed by atoms with Crippen LogP contribution in [-0.2, 0) is 9.59 Å². The molecule has 1 aromatic carbocycles. The van der Waals surface area contributed by atoms with Crippen LogP contribution in [0, 0.1) is 5.82 Å². The molecular weight excluding hydrogens is 251 g/mol. The van der Waals surface area contributed by atoms with Crippen molar-refractivity contribution in [1.82, 2.24) is 4.90 Å². The summed E-state index contributed by atoms with van der Waals surface area (Å²) in [6, 6.07) is 3.97. The van der Waals surface area contributed by atoms with E-state index in [9.17, 15) is 14.0 Å². The molecule has 2 N–H and O–H groups in total. The van der Waals surface area contributed by atoms with Gasteiger partial charge in [-0.25, -0.2) is 9.18 Å². The number of hydrogen-bond acceptors (Lipinski definition) is 3. The van der Waals surface area contributed by atoms with Gasteiger partial charge in [0.2, 0.25) is 5.91 Å². The largest absolute Gasteiger partial charge is 0.478 e. The number of carbonyl (C=O) groups excluding carboxylic acids is 1. The van der Waals surface area contributed by atoms with E-state index in [2.05, 4.69) is 5.32 Å². The lowest BCUT2D eigenvalue weighted by atomic mass is 10.1. The normalized spacial score (nSPS) is 10.9. The van der Waals surface area contributed by atoms with Gasteiger partial charge in [0.25, 0.3) is 0 Å². The highest BCUT2D eigenvalue weighted by molar-refractivity contribution is 5.92. The molecule has 0 bridgehead atoms. The smallest absolute Gasteiger partial charge is 0.328 e. The first kappa shape index (κ1) is 14.8. The van der Waals surface area contributed by atoms with Gasteiger partial charge in [-0.3, -0.25) is 4.79 Å². The molecule has 0 saturated heterocycles. The Morgan fingerprint density at radius 3 is 2.68 bits per heavy atom. The number of nitrogens with one attached hydrogen (secondary N) is 1. The summed E-state index contributed by atoms with van der Waals surface area (Å²) >= 11 is 0. The second-order valence-corrected chi connectivity index (χ2v) is 4.19. The topological polar surface area (TPSA) is 69.6 Å². The molecule has 5 nitrogen and oxygen atoms in total. The van der Waals surface area contributed by atoms with E-state index in [0.29, 0.717) is 5.69 Å². The third-order valence-electron chi connectivity index (χ3n) is 2.15. The predicted molar refractivity (Wildman–Crippen MR) is 70.3 cm³/mol. The van der Waals surface area contributed by atoms with Crippen LogP contribution in [0.25, 0.3) is 6.08 Å². The van der Waals surface area contributed by atoms with Gasteiger partial charge in [-0.15, -0.1) is 0 Å². The zero-order valence-electron chi connectivity index (χ0n) is 10.7. The molecule has 102 valence electrons. The van der Waals surface area contributed by atoms with Gasteiger partial charge in [0.05, 0.1) is 6.54 Å². The quantitative estimate of drug-likeness (QED) is 0.791. The molecule has 0 saturated carbocycles. The van der Waals surface area contributed by atoms with Gasteiger partial charge in [-0.1, -0.05) is 0 Å². The summed E-state index contributed by atoms with van der Waals surface area (Å²) < 4.78 is 13.4. The highest BCUT2D eigenvalue weighted by Gasteiger charge is 2.06. The molecule has 1 amide bonds. The van der Waals surface area contributed by atoms with Crippen LogP contribution in [0.5, 0.6) is 0 Å². The SMILES string of the molecule is CN(C)CC(=O)Nc1ccc(F)c(/C=C/C(=O)O)c1. The molecule has 0 spiro atoms. The molecule has 0 unspecified atom stereocenters. The molecule has 0 aliphatic rings. The fourth-order valence-electron chi connectivity index (χ4n) is 1.40. The number of benzene rings is 1. The third kappa shape index (κ3) is 5.31. The monoisotopic (exact) mass is 266 g/mol. The van der Waals surface area contributed by atoms with Crippen LogP contribution in [0.15, 0.2) is 24.3 Å². The number of carboxylic acid groups (broad SMARTS) is 1. The Hall–Kier alpha value is -2.21. The van der Waals surface area contributed by atoms with Crippen LogP contribution in [0.2, 0.25) is 0 Å². The number of aliphatic carboxylic acids is 1. The van der Waals surface area contributed by atoms with E-state index in [-0.39, 0.29) is 18.0 Å². The van der Waals surface area contributed by atoms with E-state index in [0.717, 1.165) is 12.2 Å². The van der Waals surface area contributed by atoms with Crippen molar-refractivity contribution >= 4 is 23.6 Å². The summed E-state index contributed by atoms with van der Waals surface area (Å²) in [4.78, 5) is 23.6. The maximum absolute atomic E-state index is 13.4. The standard InChI is InChI=1S/C13H15FN2O3/c1-16(2)8-12(17)15-10-4-5-11(14)9(7-10)3-6-13(18)19/h3-7H,8H2,1-2H3,(H,15,17)(H,18,19)/b6-3+. The number of likely N-dealkylation sites (N-methyl/N-ethyl adjacent to an activating group) is 1. The summed E-state index contributed by atoms with van der Waals surface area (Å²) in [6.45, 7) is 0.206. The fraction of sp³-hybridized carbons (Fsp3) is 0.231. The highest BCUT2D eigenvalue weighted by atomic mass is 19.1. The van der Waals surface area contributed by atoms with E-state index in [1.165, 1.54) is 18.2 Å². The number of carbonyl (C=O) groups is 2. The van der Waals surface area contributed by atoms with Crippen molar-refractivity contribution in [3.63, 3.8) is 0 Å². The van der Waals surface area contributed by atoms with Crippen LogP contribution >= 0.6 is 0 Å². The summed E-state index contributed by atoms with van der Waals surface area (Å²) in [5.74, 6) is -1.95. The van der Waals surface area contributed by atoms with Gasteiger partial charge < -0.3 is 15.3 Å². The van der Waals surface area contributed by atoms with Gasteiger partial charge >= 0.3 is 5.97 Å². The number of carboxylic acids is 1. The summed E-state index contributed by atoms with van der Waals surface area (Å²) in [5.41, 5.74) is 0.517. The Morgan fingerprint density at radius 2 is 2.11 bits per heavy atom. The summed E-state index contributed by atoms with van der Waals surface area (Å²) in [5, 5.41) is 11.1. The van der Waals surface area contributed by atoms with Crippen LogP contribution < -0.4 is 5.32 Å². The molecule has 0 aromatic heterocycles. The van der Waals surface area contributed by atoms with E-state index < -0.39 is 11.8 Å². The minimum Gasteiger partial charge on any atom is -0.478 e. The van der Waals surface area contributed by atoms with Crippen molar-refractivity contribution in [3.05, 3.63) is 35.7 Å².